The Morgan fingerprint density at radius 2 is 0.629 bits per heavy atom. The van der Waals surface area contributed by atoms with Crippen molar-refractivity contribution in [1.82, 2.24) is 21.3 Å². The molecule has 0 saturated carbocycles. The first-order valence-electron chi connectivity index (χ1n) is 53.5. The number of phosphoric ester groups is 2. The lowest BCUT2D eigenvalue weighted by molar-refractivity contribution is -0.227. The van der Waals surface area contributed by atoms with Crippen molar-refractivity contribution < 1.29 is 105 Å². The Balaban J connectivity index is 6.07. The van der Waals surface area contributed by atoms with Gasteiger partial charge in [0.05, 0.1) is 83.1 Å². The summed E-state index contributed by atoms with van der Waals surface area (Å²) in [6, 6.07) is -1.85. The largest absolute Gasteiger partial charge is 0.756 e. The number of aliphatic hydroxyl groups is 4. The number of rotatable bonds is 103. The second-order valence-electron chi connectivity index (χ2n) is 36.4. The molecule has 0 heterocycles. The monoisotopic (exact) mass is 1920 g/mol. The van der Waals surface area contributed by atoms with Crippen molar-refractivity contribution in [3.05, 3.63) is 48.6 Å². The summed E-state index contributed by atoms with van der Waals surface area (Å²) in [4.78, 5) is 79.7. The summed E-state index contributed by atoms with van der Waals surface area (Å²) in [7, 11) is -10.0. The van der Waals surface area contributed by atoms with Gasteiger partial charge in [0.25, 0.3) is 15.6 Å². The van der Waals surface area contributed by atoms with E-state index < -0.39 is 109 Å². The number of hydrogen-bond acceptors (Lipinski definition) is 23. The van der Waals surface area contributed by atoms with Gasteiger partial charge in [0, 0.05) is 51.8 Å². The first-order chi connectivity index (χ1) is 64.1. The van der Waals surface area contributed by atoms with Crippen LogP contribution in [0.4, 0.5) is 0 Å². The van der Waals surface area contributed by atoms with Gasteiger partial charge >= 0.3 is 5.97 Å². The fourth-order valence-corrected chi connectivity index (χ4v) is 16.9. The van der Waals surface area contributed by atoms with Gasteiger partial charge in [0.1, 0.15) is 12.3 Å². The number of carbonyl (C=O) groups is 4. The van der Waals surface area contributed by atoms with E-state index in [1.807, 2.05) is 0 Å². The van der Waals surface area contributed by atoms with Gasteiger partial charge in [-0.1, -0.05) is 303 Å². The van der Waals surface area contributed by atoms with Crippen molar-refractivity contribution in [3.8, 4) is 0 Å². The molecule has 0 aliphatic heterocycles. The third kappa shape index (κ3) is 89.3. The topological polar surface area (TPSA) is 370 Å². The Hall–Kier alpha value is -3.34. The zero-order valence-electron chi connectivity index (χ0n) is 84.7. The van der Waals surface area contributed by atoms with E-state index >= 15 is 0 Å². The average molecular weight is 1920 g/mol. The molecule has 0 bridgehead atoms. The SMILES string of the molecule is CCCCCC/C=C\CCCC(=O)OC(CCCCCCC)CCOCC(COP(=O)([O-])OCCNC(=O)CCCCC(=O)NCCOP(=O)([O-])OCC(COCCC(CCCCCCC)OC(O)CCC/C=C\CCCCCC)NC(=O)C[C@@H](CCCCCCC)OC(O)CCC/C=C\CCCCCC)NC(O)C[C@@H](CCCCCCC)OC(O)CCC/C=C\CCCCCC. The van der Waals surface area contributed by atoms with Gasteiger partial charge in [0.2, 0.25) is 17.7 Å². The van der Waals surface area contributed by atoms with E-state index in [1.54, 1.807) is 0 Å². The van der Waals surface area contributed by atoms with Crippen LogP contribution in [0, 0.1) is 0 Å². The molecule has 8 N–H and O–H groups in total. The van der Waals surface area contributed by atoms with Crippen molar-refractivity contribution in [2.45, 2.75) is 528 Å². The predicted octanol–water partition coefficient (Wildman–Crippen LogP) is 23.4. The fraction of sp³-hybridized carbons (Fsp3) is 0.885. The molecule has 778 valence electrons. The summed E-state index contributed by atoms with van der Waals surface area (Å²) >= 11 is 0. The van der Waals surface area contributed by atoms with Crippen LogP contribution in [0.3, 0.4) is 0 Å². The summed E-state index contributed by atoms with van der Waals surface area (Å²) < 4.78 is 84.8. The molecule has 0 aromatic carbocycles. The Bertz CT molecular complexity index is 2810. The highest BCUT2D eigenvalue weighted by molar-refractivity contribution is 7.46. The van der Waals surface area contributed by atoms with Crippen molar-refractivity contribution in [1.29, 1.82) is 0 Å². The maximum absolute atomic E-state index is 14.0. The number of nitrogens with one attached hydrogen (secondary N) is 4. The maximum atomic E-state index is 14.0. The van der Waals surface area contributed by atoms with Crippen LogP contribution in [-0.2, 0) is 74.8 Å². The number of hydrogen-bond donors (Lipinski definition) is 8. The molecule has 0 aromatic rings. The minimum atomic E-state index is -5.03. The van der Waals surface area contributed by atoms with Crippen LogP contribution in [0.25, 0.3) is 0 Å². The third-order valence-electron chi connectivity index (χ3n) is 23.4. The molecule has 0 radical (unpaired) electrons. The molecule has 0 aromatic heterocycles. The second-order valence-corrected chi connectivity index (χ2v) is 39.2. The molecule has 3 amide bonds. The standard InChI is InChI=1S/C104H200N4O22P2/c1-9-17-25-33-37-41-45-53-61-73-101(113)127-93(67-57-49-29-21-13-5)77-81-121-87-91(107-99(111)85-95(69-59-51-31-23-15-7)129-103(115)75-63-55-47-43-39-35-27-19-11-3)89-125-131(117,118)123-83-79-105-97(109)71-65-66-72-98(110)106-80-84-124-132(119,120)126-90-92(88-122-82-78-94(68-58-50-30-22-14-6)128-102(114)74-62-54-46-42-38-34-26-18-10-2)108-100(112)86-96(70-60-52-32-24-16-8)130-104(116)76-64-56-48-44-40-36-28-20-12-4/h41-48,91-96,99,102-104,107,111,114-116H,9-40,49-90H2,1-8H3,(H,105,109)(H,106,110)(H,108,112)(H,117,118)(H,119,120)/p-2/b45-41-,46-42-,47-43-,48-44-/t91?,92?,93?,94?,95-,96-,99?,102?,103?,104?/m1/s1. The molecule has 132 heavy (non-hydrogen) atoms. The minimum Gasteiger partial charge on any atom is -0.756 e. The van der Waals surface area contributed by atoms with Gasteiger partial charge in [-0.15, -0.1) is 0 Å². The molecule has 0 spiro atoms. The lowest BCUT2D eigenvalue weighted by atomic mass is 10.0. The zero-order valence-corrected chi connectivity index (χ0v) is 86.5. The summed E-state index contributed by atoms with van der Waals surface area (Å²) in [6.45, 7) is 15.2. The van der Waals surface area contributed by atoms with E-state index in [4.69, 9.17) is 46.5 Å². The quantitative estimate of drug-likeness (QED) is 0.00922. The number of esters is 1. The number of aliphatic hydroxyl groups excluding tert-OH is 4. The zero-order chi connectivity index (χ0) is 97.0. The Morgan fingerprint density at radius 1 is 0.311 bits per heavy atom. The molecular formula is C104H198N4O22P2-2. The van der Waals surface area contributed by atoms with Gasteiger partial charge in [-0.05, 0) is 173 Å². The number of phosphoric acid groups is 2. The van der Waals surface area contributed by atoms with E-state index in [1.165, 1.54) is 89.9 Å². The predicted molar refractivity (Wildman–Crippen MR) is 531 cm³/mol. The lowest BCUT2D eigenvalue weighted by Crippen LogP contribution is -2.46. The second kappa shape index (κ2) is 95.2. The summed E-state index contributed by atoms with van der Waals surface area (Å²) in [5.41, 5.74) is 0. The molecule has 12 atom stereocenters. The molecule has 0 aliphatic carbocycles. The van der Waals surface area contributed by atoms with Crippen LogP contribution in [-0.4, -0.2) is 172 Å². The molecule has 0 saturated heterocycles. The van der Waals surface area contributed by atoms with Gasteiger partial charge < -0.3 is 92.7 Å². The van der Waals surface area contributed by atoms with Gasteiger partial charge in [-0.25, -0.2) is 0 Å². The number of carbonyl (C=O) groups excluding carboxylic acids is 4. The van der Waals surface area contributed by atoms with E-state index in [0.717, 1.165) is 212 Å². The normalized spacial score (nSPS) is 15.3. The van der Waals surface area contributed by atoms with Gasteiger partial charge in [0.15, 0.2) is 18.9 Å². The van der Waals surface area contributed by atoms with Crippen LogP contribution in [0.2, 0.25) is 0 Å². The van der Waals surface area contributed by atoms with Crippen molar-refractivity contribution in [2.24, 2.45) is 0 Å². The van der Waals surface area contributed by atoms with E-state index in [9.17, 15) is 58.5 Å². The van der Waals surface area contributed by atoms with Crippen LogP contribution < -0.4 is 31.1 Å². The van der Waals surface area contributed by atoms with Crippen molar-refractivity contribution in [2.75, 3.05) is 65.9 Å². The summed E-state index contributed by atoms with van der Waals surface area (Å²) in [6.07, 6.45) is 67.1. The maximum Gasteiger partial charge on any atom is 0.306 e. The van der Waals surface area contributed by atoms with E-state index in [-0.39, 0.29) is 83.4 Å². The first-order valence-corrected chi connectivity index (χ1v) is 56.4. The number of allylic oxidation sites excluding steroid dienone is 8. The average Bonchev–Trinajstić information content (AvgIpc) is 0.903. The molecule has 0 aliphatic rings. The lowest BCUT2D eigenvalue weighted by Gasteiger charge is -2.29. The van der Waals surface area contributed by atoms with Gasteiger partial charge in [-0.3, -0.25) is 33.6 Å². The van der Waals surface area contributed by atoms with Crippen molar-refractivity contribution >= 4 is 39.3 Å². The Morgan fingerprint density at radius 3 is 1.03 bits per heavy atom. The van der Waals surface area contributed by atoms with Crippen LogP contribution in [0.5, 0.6) is 0 Å². The fourth-order valence-electron chi connectivity index (χ4n) is 15.4. The molecular weight excluding hydrogens is 1720 g/mol. The van der Waals surface area contributed by atoms with Crippen LogP contribution in [0.15, 0.2) is 48.6 Å². The highest BCUT2D eigenvalue weighted by Gasteiger charge is 2.27. The number of ether oxygens (including phenoxy) is 6. The molecule has 0 rings (SSSR count). The number of amides is 3. The van der Waals surface area contributed by atoms with E-state index in [2.05, 4.69) is 125 Å². The Labute approximate surface area is 803 Å². The minimum absolute atomic E-state index is 0.00326. The Kier molecular flexibility index (Phi) is 92.8. The molecule has 10 unspecified atom stereocenters. The smallest absolute Gasteiger partial charge is 0.306 e. The first kappa shape index (κ1) is 129. The van der Waals surface area contributed by atoms with Gasteiger partial charge in [-0.2, -0.15) is 0 Å². The molecule has 28 heteroatoms. The van der Waals surface area contributed by atoms with E-state index in [0.29, 0.717) is 83.5 Å². The molecule has 26 nitrogen and oxygen atoms in total. The number of unbranched alkanes of at least 4 members (excludes halogenated alkanes) is 37. The van der Waals surface area contributed by atoms with Crippen LogP contribution in [0.1, 0.15) is 466 Å². The van der Waals surface area contributed by atoms with Crippen LogP contribution >= 0.6 is 15.6 Å². The summed E-state index contributed by atoms with van der Waals surface area (Å²) in [5, 5.41) is 56.2. The highest BCUT2D eigenvalue weighted by Crippen LogP contribution is 2.39. The highest BCUT2D eigenvalue weighted by atomic mass is 31.2. The van der Waals surface area contributed by atoms with Crippen molar-refractivity contribution in [3.63, 3.8) is 0 Å². The molecule has 0 fully saturated rings. The third-order valence-corrected chi connectivity index (χ3v) is 25.3. The summed E-state index contributed by atoms with van der Waals surface area (Å²) in [5.74, 6) is -1.53.